The summed E-state index contributed by atoms with van der Waals surface area (Å²) in [7, 11) is 0. The predicted molar refractivity (Wildman–Crippen MR) is 90.5 cm³/mol. The minimum absolute atomic E-state index is 0.479. The van der Waals surface area contributed by atoms with E-state index in [4.69, 9.17) is 23.2 Å². The predicted octanol–water partition coefficient (Wildman–Crippen LogP) is 5.72. The topological polar surface area (TPSA) is 37.0 Å². The largest absolute Gasteiger partial charge is 0.369 e. The zero-order valence-corrected chi connectivity index (χ0v) is 14.0. The Bertz CT molecular complexity index is 605. The molecule has 0 radical (unpaired) electrons. The van der Waals surface area contributed by atoms with Gasteiger partial charge in [-0.05, 0) is 40.5 Å². The van der Waals surface area contributed by atoms with Crippen LogP contribution < -0.4 is 10.6 Å². The van der Waals surface area contributed by atoms with Crippen molar-refractivity contribution in [1.82, 2.24) is 4.98 Å². The third-order valence-electron chi connectivity index (χ3n) is 2.60. The molecule has 1 aromatic carbocycles. The van der Waals surface area contributed by atoms with Crippen LogP contribution in [0.15, 0.2) is 34.8 Å². The second-order valence-electron chi connectivity index (χ2n) is 4.18. The maximum absolute atomic E-state index is 6.19. The normalized spacial score (nSPS) is 10.4. The molecule has 0 bridgehead atoms. The van der Waals surface area contributed by atoms with E-state index in [-0.39, 0.29) is 0 Å². The Hall–Kier alpha value is -0.970. The molecule has 1 heterocycles. The molecule has 0 aliphatic rings. The second kappa shape index (κ2) is 7.16. The number of benzene rings is 1. The van der Waals surface area contributed by atoms with Gasteiger partial charge in [0.1, 0.15) is 5.82 Å². The third kappa shape index (κ3) is 3.78. The molecular weight excluding hydrogens is 361 g/mol. The highest BCUT2D eigenvalue weighted by molar-refractivity contribution is 9.10. The number of nitrogens with zero attached hydrogens (tertiary/aromatic N) is 1. The number of rotatable bonds is 5. The molecule has 0 atom stereocenters. The molecule has 3 nitrogen and oxygen atoms in total. The molecule has 0 spiro atoms. The molecule has 0 saturated carbocycles. The van der Waals surface area contributed by atoms with E-state index in [0.717, 1.165) is 23.1 Å². The number of pyridine rings is 1. The summed E-state index contributed by atoms with van der Waals surface area (Å²) in [6, 6.07) is 9.46. The average molecular weight is 375 g/mol. The van der Waals surface area contributed by atoms with Crippen molar-refractivity contribution in [1.29, 1.82) is 0 Å². The first-order valence-corrected chi connectivity index (χ1v) is 7.78. The lowest BCUT2D eigenvalue weighted by atomic mass is 10.3. The molecule has 2 rings (SSSR count). The van der Waals surface area contributed by atoms with E-state index in [2.05, 4.69) is 38.5 Å². The quantitative estimate of drug-likeness (QED) is 0.702. The van der Waals surface area contributed by atoms with E-state index in [9.17, 15) is 0 Å². The van der Waals surface area contributed by atoms with E-state index in [0.29, 0.717) is 21.7 Å². The van der Waals surface area contributed by atoms with Crippen molar-refractivity contribution in [3.8, 4) is 0 Å². The van der Waals surface area contributed by atoms with Crippen LogP contribution in [0, 0.1) is 0 Å². The Morgan fingerprint density at radius 2 is 1.85 bits per heavy atom. The van der Waals surface area contributed by atoms with E-state index < -0.39 is 0 Å². The molecule has 2 N–H and O–H groups in total. The highest BCUT2D eigenvalue weighted by atomic mass is 79.9. The summed E-state index contributed by atoms with van der Waals surface area (Å²) in [5, 5.41) is 7.37. The van der Waals surface area contributed by atoms with Gasteiger partial charge >= 0.3 is 0 Å². The molecule has 0 fully saturated rings. The molecule has 2 aromatic rings. The van der Waals surface area contributed by atoms with Gasteiger partial charge in [0, 0.05) is 11.0 Å². The Labute approximate surface area is 136 Å². The monoisotopic (exact) mass is 373 g/mol. The van der Waals surface area contributed by atoms with Gasteiger partial charge in [-0.2, -0.15) is 0 Å². The van der Waals surface area contributed by atoms with Gasteiger partial charge in [0.15, 0.2) is 5.82 Å². The minimum atomic E-state index is 0.479. The van der Waals surface area contributed by atoms with E-state index in [1.807, 2.05) is 24.3 Å². The Morgan fingerprint density at radius 1 is 1.15 bits per heavy atom. The lowest BCUT2D eigenvalue weighted by Gasteiger charge is -2.13. The first kappa shape index (κ1) is 15.4. The molecule has 1 aromatic heterocycles. The lowest BCUT2D eigenvalue weighted by molar-refractivity contribution is 0.970. The number of hydrogen-bond acceptors (Lipinski definition) is 3. The van der Waals surface area contributed by atoms with Crippen LogP contribution in [0.2, 0.25) is 10.0 Å². The first-order valence-electron chi connectivity index (χ1n) is 6.23. The lowest BCUT2D eigenvalue weighted by Crippen LogP contribution is -2.05. The SMILES string of the molecule is CCCNc1nc(Nc2ccccc2Br)c(Cl)cc1Cl. The van der Waals surface area contributed by atoms with Crippen molar-refractivity contribution in [2.75, 3.05) is 17.2 Å². The Balaban J connectivity index is 2.29. The fourth-order valence-corrected chi connectivity index (χ4v) is 2.47. The zero-order valence-electron chi connectivity index (χ0n) is 10.9. The second-order valence-corrected chi connectivity index (χ2v) is 5.85. The molecule has 20 heavy (non-hydrogen) atoms. The van der Waals surface area contributed by atoms with Crippen LogP contribution in [-0.4, -0.2) is 11.5 Å². The summed E-state index contributed by atoms with van der Waals surface area (Å²) in [4.78, 5) is 4.44. The zero-order chi connectivity index (χ0) is 14.5. The summed E-state index contributed by atoms with van der Waals surface area (Å²) in [5.41, 5.74) is 0.894. The molecule has 0 aliphatic heterocycles. The Morgan fingerprint density at radius 3 is 2.55 bits per heavy atom. The number of anilines is 3. The van der Waals surface area contributed by atoms with E-state index >= 15 is 0 Å². The molecule has 0 saturated heterocycles. The summed E-state index contributed by atoms with van der Waals surface area (Å²) < 4.78 is 0.941. The van der Waals surface area contributed by atoms with Crippen molar-refractivity contribution in [3.05, 3.63) is 44.8 Å². The van der Waals surface area contributed by atoms with Gasteiger partial charge in [-0.15, -0.1) is 0 Å². The van der Waals surface area contributed by atoms with Gasteiger partial charge in [-0.3, -0.25) is 0 Å². The number of para-hydroxylation sites is 1. The van der Waals surface area contributed by atoms with Gasteiger partial charge in [0.05, 0.1) is 15.7 Å². The number of aromatic nitrogens is 1. The van der Waals surface area contributed by atoms with Crippen LogP contribution in [-0.2, 0) is 0 Å². The smallest absolute Gasteiger partial charge is 0.151 e. The molecular formula is C14H14BrCl2N3. The molecule has 106 valence electrons. The van der Waals surface area contributed by atoms with Crippen LogP contribution in [0.1, 0.15) is 13.3 Å². The molecule has 0 aliphatic carbocycles. The maximum atomic E-state index is 6.19. The van der Waals surface area contributed by atoms with Gasteiger partial charge < -0.3 is 10.6 Å². The van der Waals surface area contributed by atoms with Crippen molar-refractivity contribution in [2.45, 2.75) is 13.3 Å². The summed E-state index contributed by atoms with van der Waals surface area (Å²) >= 11 is 15.8. The Kier molecular flexibility index (Phi) is 5.52. The number of hydrogen-bond donors (Lipinski definition) is 2. The van der Waals surface area contributed by atoms with Crippen molar-refractivity contribution in [2.24, 2.45) is 0 Å². The fraction of sp³-hybridized carbons (Fsp3) is 0.214. The summed E-state index contributed by atoms with van der Waals surface area (Å²) in [6.07, 6.45) is 0.994. The first-order chi connectivity index (χ1) is 9.61. The van der Waals surface area contributed by atoms with Crippen LogP contribution >= 0.6 is 39.1 Å². The van der Waals surface area contributed by atoms with Gasteiger partial charge in [0.2, 0.25) is 0 Å². The average Bonchev–Trinajstić information content (AvgIpc) is 2.43. The third-order valence-corrected chi connectivity index (χ3v) is 3.87. The molecule has 0 unspecified atom stereocenters. The molecule has 6 heteroatoms. The van der Waals surface area contributed by atoms with Crippen molar-refractivity contribution in [3.63, 3.8) is 0 Å². The van der Waals surface area contributed by atoms with Gasteiger partial charge in [-0.25, -0.2) is 4.98 Å². The van der Waals surface area contributed by atoms with Crippen LogP contribution in [0.5, 0.6) is 0 Å². The van der Waals surface area contributed by atoms with Crippen molar-refractivity contribution < 1.29 is 0 Å². The van der Waals surface area contributed by atoms with Crippen LogP contribution in [0.25, 0.3) is 0 Å². The van der Waals surface area contributed by atoms with Gasteiger partial charge in [0.25, 0.3) is 0 Å². The minimum Gasteiger partial charge on any atom is -0.369 e. The highest BCUT2D eigenvalue weighted by Crippen LogP contribution is 2.32. The summed E-state index contributed by atoms with van der Waals surface area (Å²) in [5.74, 6) is 1.20. The van der Waals surface area contributed by atoms with E-state index in [1.165, 1.54) is 0 Å². The summed E-state index contributed by atoms with van der Waals surface area (Å²) in [6.45, 7) is 2.89. The number of nitrogens with one attached hydrogen (secondary N) is 2. The van der Waals surface area contributed by atoms with Crippen LogP contribution in [0.3, 0.4) is 0 Å². The fourth-order valence-electron chi connectivity index (χ4n) is 1.61. The molecule has 0 amide bonds. The standard InChI is InChI=1S/C14H14BrCl2N3/c1-2-7-18-13-10(16)8-11(17)14(20-13)19-12-6-4-3-5-9(12)15/h3-6,8H,2,7H2,1H3,(H2,18,19,20). The van der Waals surface area contributed by atoms with E-state index in [1.54, 1.807) is 6.07 Å². The highest BCUT2D eigenvalue weighted by Gasteiger charge is 2.10. The maximum Gasteiger partial charge on any atom is 0.151 e. The van der Waals surface area contributed by atoms with Crippen LogP contribution in [0.4, 0.5) is 17.3 Å². The van der Waals surface area contributed by atoms with Gasteiger partial charge in [-0.1, -0.05) is 42.3 Å². The van der Waals surface area contributed by atoms with Crippen molar-refractivity contribution >= 4 is 56.5 Å². The number of halogens is 3.